The van der Waals surface area contributed by atoms with Gasteiger partial charge < -0.3 is 19.9 Å². The van der Waals surface area contributed by atoms with Crippen LogP contribution in [0.1, 0.15) is 47.8 Å². The fourth-order valence-electron chi connectivity index (χ4n) is 3.86. The van der Waals surface area contributed by atoms with Crippen LogP contribution < -0.4 is 14.8 Å². The quantitative estimate of drug-likeness (QED) is 0.273. The smallest absolute Gasteiger partial charge is 0.278 e. The predicted molar refractivity (Wildman–Crippen MR) is 137 cm³/mol. The number of hydrogen-bond acceptors (Lipinski definition) is 6. The maximum Gasteiger partial charge on any atom is 0.278 e. The second kappa shape index (κ2) is 10.9. The molecule has 7 nitrogen and oxygen atoms in total. The van der Waals surface area contributed by atoms with Crippen molar-refractivity contribution in [2.45, 2.75) is 39.5 Å². The highest BCUT2D eigenvalue weighted by atomic mass is 16.5. The van der Waals surface area contributed by atoms with Crippen molar-refractivity contribution in [2.24, 2.45) is 0 Å². The van der Waals surface area contributed by atoms with Crippen LogP contribution in [0.5, 0.6) is 23.1 Å². The van der Waals surface area contributed by atoms with Crippen LogP contribution in [-0.4, -0.2) is 28.1 Å². The summed E-state index contributed by atoms with van der Waals surface area (Å²) in [7, 11) is 1.42. The Morgan fingerprint density at radius 1 is 1.06 bits per heavy atom. The Morgan fingerprint density at radius 2 is 1.86 bits per heavy atom. The maximum absolute atomic E-state index is 12.8. The summed E-state index contributed by atoms with van der Waals surface area (Å²) < 4.78 is 11.1. The van der Waals surface area contributed by atoms with Crippen molar-refractivity contribution >= 4 is 22.5 Å². The first-order valence-corrected chi connectivity index (χ1v) is 11.7. The lowest BCUT2D eigenvalue weighted by Crippen LogP contribution is -2.14. The molecule has 0 aliphatic rings. The largest absolute Gasteiger partial charge is 0.503 e. The minimum atomic E-state index is -0.527. The third-order valence-electron chi connectivity index (χ3n) is 5.74. The maximum atomic E-state index is 12.8. The number of pyridine rings is 2. The van der Waals surface area contributed by atoms with E-state index in [4.69, 9.17) is 14.5 Å². The first kappa shape index (κ1) is 24.0. The zero-order chi connectivity index (χ0) is 24.8. The van der Waals surface area contributed by atoms with Crippen molar-refractivity contribution in [3.05, 3.63) is 77.6 Å². The van der Waals surface area contributed by atoms with Gasteiger partial charge in [-0.1, -0.05) is 37.5 Å². The third kappa shape index (κ3) is 5.69. The van der Waals surface area contributed by atoms with Gasteiger partial charge in [-0.15, -0.1) is 0 Å². The number of ether oxygens (including phenoxy) is 2. The highest BCUT2D eigenvalue weighted by Gasteiger charge is 2.17. The average molecular weight is 472 g/mol. The normalized spacial score (nSPS) is 10.8. The monoisotopic (exact) mass is 471 g/mol. The first-order valence-electron chi connectivity index (χ1n) is 11.7. The van der Waals surface area contributed by atoms with E-state index < -0.39 is 5.91 Å². The lowest BCUT2D eigenvalue weighted by molar-refractivity contribution is 0.101. The van der Waals surface area contributed by atoms with Crippen molar-refractivity contribution in [2.75, 3.05) is 12.4 Å². The highest BCUT2D eigenvalue weighted by Crippen LogP contribution is 2.31. The Balaban J connectivity index is 1.65. The summed E-state index contributed by atoms with van der Waals surface area (Å²) in [5.41, 5.74) is 3.52. The van der Waals surface area contributed by atoms with E-state index >= 15 is 0 Å². The summed E-state index contributed by atoms with van der Waals surface area (Å²) >= 11 is 0. The molecule has 35 heavy (non-hydrogen) atoms. The van der Waals surface area contributed by atoms with Crippen LogP contribution in [0.15, 0.2) is 60.8 Å². The molecule has 2 aromatic carbocycles. The van der Waals surface area contributed by atoms with Crippen LogP contribution in [0, 0.1) is 6.92 Å². The number of aromatic hydroxyl groups is 1. The van der Waals surface area contributed by atoms with E-state index in [1.807, 2.05) is 49.4 Å². The minimum absolute atomic E-state index is 0.104. The van der Waals surface area contributed by atoms with Gasteiger partial charge in [-0.05, 0) is 55.7 Å². The summed E-state index contributed by atoms with van der Waals surface area (Å²) in [6, 6.07) is 16.9. The van der Waals surface area contributed by atoms with Crippen molar-refractivity contribution in [1.82, 2.24) is 9.97 Å². The highest BCUT2D eigenvalue weighted by molar-refractivity contribution is 6.06. The molecule has 2 N–H and O–H groups in total. The topological polar surface area (TPSA) is 93.6 Å². The molecule has 4 rings (SSSR count). The standard InChI is InChI=1S/C28H29N3O4/c1-4-5-6-7-19-16-25(35-21-11-8-18(2)9-12-21)31-23-13-10-20(17-22(19)23)30-28(33)26-27(32)24(34-3)14-15-29-26/h8-17,32H,4-7H2,1-3H3,(H,30,33). The number of aromatic nitrogens is 2. The Morgan fingerprint density at radius 3 is 2.60 bits per heavy atom. The molecule has 0 aliphatic carbocycles. The molecule has 0 bridgehead atoms. The summed E-state index contributed by atoms with van der Waals surface area (Å²) in [4.78, 5) is 21.5. The molecule has 2 aromatic heterocycles. The first-order chi connectivity index (χ1) is 17.0. The van der Waals surface area contributed by atoms with E-state index in [0.29, 0.717) is 11.6 Å². The summed E-state index contributed by atoms with van der Waals surface area (Å²) in [5, 5.41) is 14.0. The zero-order valence-corrected chi connectivity index (χ0v) is 20.2. The number of nitrogens with zero attached hydrogens (tertiary/aromatic N) is 2. The van der Waals surface area contributed by atoms with Crippen LogP contribution >= 0.6 is 0 Å². The number of rotatable bonds is 9. The lowest BCUT2D eigenvalue weighted by Gasteiger charge is -2.13. The van der Waals surface area contributed by atoms with E-state index in [2.05, 4.69) is 17.2 Å². The summed E-state index contributed by atoms with van der Waals surface area (Å²) in [5.74, 6) is 0.632. The van der Waals surface area contributed by atoms with Crippen LogP contribution in [0.25, 0.3) is 10.9 Å². The number of unbranched alkanes of at least 4 members (excludes halogenated alkanes) is 2. The van der Waals surface area contributed by atoms with Crippen LogP contribution in [0.2, 0.25) is 0 Å². The Bertz CT molecular complexity index is 1340. The van der Waals surface area contributed by atoms with Gasteiger partial charge in [-0.2, -0.15) is 0 Å². The van der Waals surface area contributed by atoms with E-state index in [1.165, 1.54) is 19.4 Å². The number of hydrogen-bond donors (Lipinski definition) is 2. The number of carbonyl (C=O) groups excluding carboxylic acids is 1. The minimum Gasteiger partial charge on any atom is -0.503 e. The van der Waals surface area contributed by atoms with Crippen LogP contribution in [0.3, 0.4) is 0 Å². The van der Waals surface area contributed by atoms with Gasteiger partial charge in [-0.3, -0.25) is 4.79 Å². The molecule has 180 valence electrons. The van der Waals surface area contributed by atoms with Crippen molar-refractivity contribution < 1.29 is 19.4 Å². The molecular weight excluding hydrogens is 442 g/mol. The lowest BCUT2D eigenvalue weighted by atomic mass is 10.0. The predicted octanol–water partition coefficient (Wildman–Crippen LogP) is 6.43. The molecular formula is C28H29N3O4. The number of anilines is 1. The SMILES string of the molecule is CCCCCc1cc(Oc2ccc(C)cc2)nc2ccc(NC(=O)c3nccc(OC)c3O)cc12. The van der Waals surface area contributed by atoms with Gasteiger partial charge in [0.25, 0.3) is 5.91 Å². The Labute approximate surface area is 204 Å². The molecule has 1 amide bonds. The Kier molecular flexibility index (Phi) is 7.45. The molecule has 0 atom stereocenters. The van der Waals surface area contributed by atoms with Crippen molar-refractivity contribution in [1.29, 1.82) is 0 Å². The van der Waals surface area contributed by atoms with E-state index in [9.17, 15) is 9.90 Å². The second-order valence-electron chi connectivity index (χ2n) is 8.39. The molecule has 0 unspecified atom stereocenters. The number of aryl methyl sites for hydroxylation is 2. The van der Waals surface area contributed by atoms with E-state index in [-0.39, 0.29) is 17.2 Å². The van der Waals surface area contributed by atoms with Gasteiger partial charge in [0, 0.05) is 29.4 Å². The van der Waals surface area contributed by atoms with Gasteiger partial charge in [0.05, 0.1) is 12.6 Å². The summed E-state index contributed by atoms with van der Waals surface area (Å²) in [6.45, 7) is 4.21. The fraction of sp³-hybridized carbons (Fsp3) is 0.250. The van der Waals surface area contributed by atoms with Gasteiger partial charge in [0.15, 0.2) is 17.2 Å². The molecule has 0 saturated heterocycles. The van der Waals surface area contributed by atoms with Crippen LogP contribution in [-0.2, 0) is 6.42 Å². The zero-order valence-electron chi connectivity index (χ0n) is 20.2. The molecule has 0 aliphatic heterocycles. The molecule has 0 radical (unpaired) electrons. The number of amides is 1. The Hall–Kier alpha value is -4.13. The molecule has 0 fully saturated rings. The van der Waals surface area contributed by atoms with E-state index in [0.717, 1.165) is 53.5 Å². The number of methoxy groups -OCH3 is 1. The van der Waals surface area contributed by atoms with Crippen molar-refractivity contribution in [3.8, 4) is 23.1 Å². The average Bonchev–Trinajstić information content (AvgIpc) is 2.86. The molecule has 0 saturated carbocycles. The second-order valence-corrected chi connectivity index (χ2v) is 8.39. The van der Waals surface area contributed by atoms with Gasteiger partial charge >= 0.3 is 0 Å². The van der Waals surface area contributed by atoms with E-state index in [1.54, 1.807) is 6.07 Å². The van der Waals surface area contributed by atoms with Gasteiger partial charge in [0.1, 0.15) is 5.75 Å². The third-order valence-corrected chi connectivity index (χ3v) is 5.74. The molecule has 4 aromatic rings. The van der Waals surface area contributed by atoms with Crippen LogP contribution in [0.4, 0.5) is 5.69 Å². The van der Waals surface area contributed by atoms with Gasteiger partial charge in [-0.25, -0.2) is 9.97 Å². The number of nitrogens with one attached hydrogen (secondary N) is 1. The summed E-state index contributed by atoms with van der Waals surface area (Å²) in [6.07, 6.45) is 5.56. The van der Waals surface area contributed by atoms with Crippen molar-refractivity contribution in [3.63, 3.8) is 0 Å². The number of fused-ring (bicyclic) bond motifs is 1. The number of benzene rings is 2. The molecule has 0 spiro atoms. The molecule has 7 heteroatoms. The molecule has 2 heterocycles. The van der Waals surface area contributed by atoms with Gasteiger partial charge in [0.2, 0.25) is 5.88 Å². The number of carbonyl (C=O) groups is 1. The fourth-order valence-corrected chi connectivity index (χ4v) is 3.86.